The fourth-order valence-corrected chi connectivity index (χ4v) is 8.42. The maximum Gasteiger partial charge on any atom is 0.337 e. The molecular weight excluding hydrogens is 861 g/mol. The molecule has 7 N–H and O–H groups in total. The van der Waals surface area contributed by atoms with Gasteiger partial charge < -0.3 is 25.6 Å². The van der Waals surface area contributed by atoms with Gasteiger partial charge in [-0.3, -0.25) is 23.7 Å². The van der Waals surface area contributed by atoms with E-state index in [0.717, 1.165) is 12.1 Å². The second-order valence-electron chi connectivity index (χ2n) is 12.9. The lowest BCUT2D eigenvalue weighted by molar-refractivity contribution is -0.432. The number of hydrogen-bond donors (Lipinski definition) is 7. The van der Waals surface area contributed by atoms with E-state index >= 15 is 0 Å². The number of pyridine rings is 1. The molecule has 0 saturated carbocycles. The number of aromatic carboxylic acids is 1. The van der Waals surface area contributed by atoms with Crippen LogP contribution in [0.25, 0.3) is 22.0 Å². The number of nitrogens with one attached hydrogen (secondary N) is 3. The molecule has 0 aliphatic heterocycles. The maximum atomic E-state index is 14.6. The fraction of sp³-hybridized carbons (Fsp3) is 0.0513. The molecular formula is C39H28N4O15S3. The molecule has 61 heavy (non-hydrogen) atoms. The van der Waals surface area contributed by atoms with Crippen LogP contribution in [-0.4, -0.2) is 63.1 Å². The third-order valence-electron chi connectivity index (χ3n) is 9.37. The van der Waals surface area contributed by atoms with E-state index < -0.39 is 56.2 Å². The van der Waals surface area contributed by atoms with Crippen molar-refractivity contribution in [2.75, 3.05) is 22.5 Å². The van der Waals surface area contributed by atoms with E-state index in [1.54, 1.807) is 24.3 Å². The predicted octanol–water partition coefficient (Wildman–Crippen LogP) is 6.58. The molecule has 0 unspecified atom stereocenters. The number of amides is 1. The van der Waals surface area contributed by atoms with Crippen LogP contribution in [0.15, 0.2) is 117 Å². The zero-order chi connectivity index (χ0) is 43.6. The Hall–Kier alpha value is -6.44. The molecule has 22 heteroatoms. The average Bonchev–Trinajstić information content (AvgIpc) is 3.24. The molecule has 1 aromatic heterocycles. The van der Waals surface area contributed by atoms with E-state index in [0.29, 0.717) is 16.9 Å². The van der Waals surface area contributed by atoms with Crippen molar-refractivity contribution in [1.82, 2.24) is 4.57 Å². The average molecular weight is 889 g/mol. The lowest BCUT2D eigenvalue weighted by atomic mass is 9.80. The van der Waals surface area contributed by atoms with Gasteiger partial charge in [0.25, 0.3) is 15.7 Å². The summed E-state index contributed by atoms with van der Waals surface area (Å²) in [7, 11) is -3.66. The molecule has 0 fully saturated rings. The summed E-state index contributed by atoms with van der Waals surface area (Å²) in [4.78, 5) is 67.3. The smallest absolute Gasteiger partial charge is 0.337 e. The lowest BCUT2D eigenvalue weighted by Crippen LogP contribution is -2.29. The number of anilines is 4. The summed E-state index contributed by atoms with van der Waals surface area (Å²) in [6.07, 6.45) is 0. The summed E-state index contributed by atoms with van der Waals surface area (Å²) in [6, 6.07) is 23.0. The molecule has 0 radical (unpaired) electrons. The van der Waals surface area contributed by atoms with Crippen LogP contribution >= 0.6 is 24.1 Å². The first-order valence-electron chi connectivity index (χ1n) is 17.3. The number of benzene rings is 5. The zero-order valence-corrected chi connectivity index (χ0v) is 33.3. The molecule has 0 atom stereocenters. The molecule has 0 saturated heterocycles. The van der Waals surface area contributed by atoms with Crippen LogP contribution in [0.1, 0.15) is 42.2 Å². The molecule has 5 aromatic carbocycles. The van der Waals surface area contributed by atoms with Crippen LogP contribution in [0.3, 0.4) is 0 Å². The number of aryl methyl sites for hydroxylation is 1. The fourth-order valence-electron chi connectivity index (χ4n) is 6.80. The molecule has 19 nitrogen and oxygen atoms in total. The zero-order valence-electron chi connectivity index (χ0n) is 30.9. The molecule has 1 heterocycles. The minimum Gasteiger partial charge on any atom is -0.478 e. The summed E-state index contributed by atoms with van der Waals surface area (Å²) in [5.41, 5.74) is -0.651. The van der Waals surface area contributed by atoms with Gasteiger partial charge in [0.05, 0.1) is 74.8 Å². The van der Waals surface area contributed by atoms with E-state index in [4.69, 9.17) is 10.5 Å². The number of carboxylic acid groups (broad SMARTS) is 1. The van der Waals surface area contributed by atoms with E-state index in [1.165, 1.54) is 72.3 Å². The Morgan fingerprint density at radius 1 is 0.770 bits per heavy atom. The Balaban J connectivity index is 1.38. The molecule has 6 aromatic rings. The monoisotopic (exact) mass is 888 g/mol. The van der Waals surface area contributed by atoms with Crippen molar-refractivity contribution in [1.29, 1.82) is 0 Å². The molecule has 1 amide bonds. The molecule has 7 rings (SSSR count). The van der Waals surface area contributed by atoms with E-state index in [2.05, 4.69) is 34.7 Å². The van der Waals surface area contributed by atoms with Gasteiger partial charge in [0, 0.05) is 39.7 Å². The normalized spacial score (nSPS) is 11.9. The number of carboxylic acids is 1. The first kappa shape index (κ1) is 42.7. The SMILES string of the molecule is Cn1c(=O)c(C(=O)c2cccc(SOOO)c2)c2c3c(c(Nc4cc(NC(=O)CNc5ccccc5C(=O)O)c(S(=O)(=O)O)cc4SOOO)ccc31)C(=O)c1ccccc1-2. The number of para-hydroxylation sites is 1. The highest BCUT2D eigenvalue weighted by Gasteiger charge is 2.34. The van der Waals surface area contributed by atoms with Crippen LogP contribution in [0.5, 0.6) is 0 Å². The number of carbonyl (C=O) groups excluding carboxylic acids is 3. The number of rotatable bonds is 16. The van der Waals surface area contributed by atoms with Crippen molar-refractivity contribution >= 4 is 91.3 Å². The first-order chi connectivity index (χ1) is 29.2. The van der Waals surface area contributed by atoms with Gasteiger partial charge >= 0.3 is 5.97 Å². The van der Waals surface area contributed by atoms with Crippen molar-refractivity contribution in [3.8, 4) is 11.1 Å². The minimum absolute atomic E-state index is 0.0188. The van der Waals surface area contributed by atoms with Gasteiger partial charge in [-0.05, 0) is 54.1 Å². The van der Waals surface area contributed by atoms with Gasteiger partial charge in [-0.15, -0.1) is 8.67 Å². The highest BCUT2D eigenvalue weighted by molar-refractivity contribution is 7.95. The summed E-state index contributed by atoms with van der Waals surface area (Å²) in [5.74, 6) is -3.39. The molecule has 1 aliphatic carbocycles. The van der Waals surface area contributed by atoms with Gasteiger partial charge in [0.15, 0.2) is 11.6 Å². The maximum absolute atomic E-state index is 14.6. The number of nitrogens with zero attached hydrogens (tertiary/aromatic N) is 1. The molecule has 0 bridgehead atoms. The highest BCUT2D eigenvalue weighted by Crippen LogP contribution is 2.45. The number of hydrogen-bond acceptors (Lipinski definition) is 17. The third kappa shape index (κ3) is 8.48. The highest BCUT2D eigenvalue weighted by atomic mass is 32.2. The van der Waals surface area contributed by atoms with E-state index in [9.17, 15) is 42.0 Å². The van der Waals surface area contributed by atoms with Crippen LogP contribution in [-0.2, 0) is 40.7 Å². The summed E-state index contributed by atoms with van der Waals surface area (Å²) in [6.45, 7) is -0.560. The van der Waals surface area contributed by atoms with Crippen molar-refractivity contribution in [2.45, 2.75) is 14.7 Å². The molecule has 0 spiro atoms. The Bertz CT molecular complexity index is 2980. The third-order valence-corrected chi connectivity index (χ3v) is 11.5. The Labute approximate surface area is 351 Å². The Kier molecular flexibility index (Phi) is 12.3. The van der Waals surface area contributed by atoms with Gasteiger partial charge in [-0.1, -0.05) is 58.6 Å². The number of aromatic nitrogens is 1. The number of ketones is 2. The number of carbonyl (C=O) groups is 4. The standard InChI is InChI=1S/C39H28N4O15S3/c1-43-28-14-13-25(33-34(28)32(21-9-2-3-10-22(21)37(33)46)35(38(43)47)36(45)19-7-6-8-20(15-19)59-57-55-50)41-26-16-27(30(61(52,53)54)17-29(26)60-58-56-51)42-31(44)18-40-24-12-5-4-11-23(24)39(48)49/h2-17,40-41,50-51H,18H2,1H3,(H,42,44)(H,48,49)(H,52,53,54). The van der Waals surface area contributed by atoms with Gasteiger partial charge in [0.2, 0.25) is 5.91 Å². The van der Waals surface area contributed by atoms with Crippen LogP contribution in [0.2, 0.25) is 0 Å². The van der Waals surface area contributed by atoms with E-state index in [1.807, 2.05) is 0 Å². The molecule has 312 valence electrons. The topological polar surface area (TPSA) is 278 Å². The van der Waals surface area contributed by atoms with Crippen molar-refractivity contribution in [3.63, 3.8) is 0 Å². The molecule has 1 aliphatic rings. The van der Waals surface area contributed by atoms with Gasteiger partial charge in [0.1, 0.15) is 4.90 Å². The summed E-state index contributed by atoms with van der Waals surface area (Å²) < 4.78 is 45.8. The van der Waals surface area contributed by atoms with Gasteiger partial charge in [-0.2, -0.15) is 8.42 Å². The first-order valence-corrected chi connectivity index (χ1v) is 20.2. The lowest BCUT2D eigenvalue weighted by Gasteiger charge is -2.26. The van der Waals surface area contributed by atoms with Crippen LogP contribution < -0.4 is 21.5 Å². The summed E-state index contributed by atoms with van der Waals surface area (Å²) >= 11 is 0.877. The quantitative estimate of drug-likeness (QED) is 0.0177. The van der Waals surface area contributed by atoms with Crippen LogP contribution in [0, 0.1) is 0 Å². The predicted molar refractivity (Wildman–Crippen MR) is 219 cm³/mol. The van der Waals surface area contributed by atoms with Crippen molar-refractivity contribution in [2.24, 2.45) is 7.05 Å². The second-order valence-corrected chi connectivity index (χ2v) is 15.8. The second kappa shape index (κ2) is 17.6. The number of fused-ring (bicyclic) bond motifs is 2. The minimum atomic E-state index is -5.09. The Morgan fingerprint density at radius 3 is 2.20 bits per heavy atom. The van der Waals surface area contributed by atoms with E-state index in [-0.39, 0.29) is 83.8 Å². The van der Waals surface area contributed by atoms with Crippen molar-refractivity contribution in [3.05, 3.63) is 135 Å². The van der Waals surface area contributed by atoms with Gasteiger partial charge in [-0.25, -0.2) is 15.3 Å². The Morgan fingerprint density at radius 2 is 1.48 bits per heavy atom. The summed E-state index contributed by atoms with van der Waals surface area (Å²) in [5, 5.41) is 42.8. The largest absolute Gasteiger partial charge is 0.478 e. The van der Waals surface area contributed by atoms with Crippen LogP contribution in [0.4, 0.5) is 22.7 Å². The van der Waals surface area contributed by atoms with Crippen molar-refractivity contribution < 1.29 is 66.5 Å².